The molecule has 0 aromatic carbocycles. The molecule has 2 aromatic heterocycles. The molecule has 1 saturated heterocycles. The maximum absolute atomic E-state index is 5.82. The van der Waals surface area contributed by atoms with Crippen molar-refractivity contribution >= 4 is 11.2 Å². The number of rotatable bonds is 3. The van der Waals surface area contributed by atoms with Crippen molar-refractivity contribution in [2.24, 2.45) is 0 Å². The van der Waals surface area contributed by atoms with E-state index in [2.05, 4.69) is 14.3 Å². The highest BCUT2D eigenvalue weighted by Crippen LogP contribution is 2.11. The molecule has 1 aliphatic heterocycles. The molecule has 18 heavy (non-hydrogen) atoms. The fourth-order valence-electron chi connectivity index (χ4n) is 2.33. The number of aromatic nitrogens is 2. The van der Waals surface area contributed by atoms with Gasteiger partial charge in [0.1, 0.15) is 5.82 Å². The fraction of sp³-hybridized carbons (Fsp3) is 0.462. The Morgan fingerprint density at radius 2 is 2.11 bits per heavy atom. The summed E-state index contributed by atoms with van der Waals surface area (Å²) in [6, 6.07) is 3.91. The second kappa shape index (κ2) is 4.96. The third kappa shape index (κ3) is 2.32. The monoisotopic (exact) mass is 246 g/mol. The zero-order valence-corrected chi connectivity index (χ0v) is 10.4. The van der Waals surface area contributed by atoms with Crippen molar-refractivity contribution in [3.8, 4) is 0 Å². The molecule has 0 radical (unpaired) electrons. The van der Waals surface area contributed by atoms with Crippen LogP contribution in [0.25, 0.3) is 5.52 Å². The third-order valence-corrected chi connectivity index (χ3v) is 3.38. The number of nitrogens with two attached hydrogens (primary N) is 1. The van der Waals surface area contributed by atoms with Crippen LogP contribution in [0.15, 0.2) is 24.5 Å². The first kappa shape index (κ1) is 11.5. The van der Waals surface area contributed by atoms with Crippen LogP contribution >= 0.6 is 0 Å². The molecule has 0 bridgehead atoms. The number of nitrogen functional groups attached to an aromatic ring is 1. The van der Waals surface area contributed by atoms with Gasteiger partial charge < -0.3 is 14.9 Å². The van der Waals surface area contributed by atoms with Gasteiger partial charge in [-0.25, -0.2) is 4.98 Å². The number of imidazole rings is 1. The summed E-state index contributed by atoms with van der Waals surface area (Å²) in [5.74, 6) is 1.07. The largest absolute Gasteiger partial charge is 0.398 e. The quantitative estimate of drug-likeness (QED) is 0.870. The third-order valence-electron chi connectivity index (χ3n) is 3.38. The standard InChI is InChI=1S/C13H18N4O/c14-11-1-2-12-9-15-13(17(12)10-11)3-4-16-5-7-18-8-6-16/h1-2,9-10H,3-8,14H2. The summed E-state index contributed by atoms with van der Waals surface area (Å²) < 4.78 is 7.42. The Balaban J connectivity index is 1.72. The second-order valence-corrected chi connectivity index (χ2v) is 4.64. The molecule has 96 valence electrons. The average molecular weight is 246 g/mol. The molecule has 5 heteroatoms. The molecule has 3 heterocycles. The Labute approximate surface area is 106 Å². The summed E-state index contributed by atoms with van der Waals surface area (Å²) in [7, 11) is 0. The number of anilines is 1. The van der Waals surface area contributed by atoms with Crippen LogP contribution in [0.4, 0.5) is 5.69 Å². The summed E-state index contributed by atoms with van der Waals surface area (Å²) in [6.45, 7) is 4.75. The first-order valence-electron chi connectivity index (χ1n) is 6.34. The lowest BCUT2D eigenvalue weighted by Crippen LogP contribution is -2.37. The van der Waals surface area contributed by atoms with Crippen LogP contribution in [-0.2, 0) is 11.2 Å². The van der Waals surface area contributed by atoms with Crippen molar-refractivity contribution in [3.63, 3.8) is 0 Å². The molecule has 5 nitrogen and oxygen atoms in total. The van der Waals surface area contributed by atoms with Crippen molar-refractivity contribution in [3.05, 3.63) is 30.4 Å². The molecule has 1 fully saturated rings. The molecular weight excluding hydrogens is 228 g/mol. The number of fused-ring (bicyclic) bond motifs is 1. The van der Waals surface area contributed by atoms with Crippen LogP contribution in [0.5, 0.6) is 0 Å². The van der Waals surface area contributed by atoms with E-state index in [4.69, 9.17) is 10.5 Å². The van der Waals surface area contributed by atoms with Gasteiger partial charge in [-0.15, -0.1) is 0 Å². The van der Waals surface area contributed by atoms with E-state index < -0.39 is 0 Å². The summed E-state index contributed by atoms with van der Waals surface area (Å²) in [4.78, 5) is 6.88. The number of nitrogens with zero attached hydrogens (tertiary/aromatic N) is 3. The minimum atomic E-state index is 0.771. The summed E-state index contributed by atoms with van der Waals surface area (Å²) in [5.41, 5.74) is 7.69. The molecule has 3 rings (SSSR count). The van der Waals surface area contributed by atoms with E-state index in [1.807, 2.05) is 24.5 Å². The van der Waals surface area contributed by atoms with Crippen molar-refractivity contribution in [2.45, 2.75) is 6.42 Å². The van der Waals surface area contributed by atoms with Crippen LogP contribution in [0, 0.1) is 0 Å². The van der Waals surface area contributed by atoms with Gasteiger partial charge in [-0.1, -0.05) is 0 Å². The zero-order chi connectivity index (χ0) is 12.4. The van der Waals surface area contributed by atoms with E-state index in [1.54, 1.807) is 0 Å². The Morgan fingerprint density at radius 1 is 1.28 bits per heavy atom. The van der Waals surface area contributed by atoms with E-state index in [-0.39, 0.29) is 0 Å². The first-order chi connectivity index (χ1) is 8.83. The molecular formula is C13H18N4O. The number of ether oxygens (including phenoxy) is 1. The number of morpholine rings is 1. The highest BCUT2D eigenvalue weighted by molar-refractivity contribution is 5.52. The van der Waals surface area contributed by atoms with Gasteiger partial charge in [0.25, 0.3) is 0 Å². The van der Waals surface area contributed by atoms with Crippen LogP contribution in [0.3, 0.4) is 0 Å². The highest BCUT2D eigenvalue weighted by atomic mass is 16.5. The van der Waals surface area contributed by atoms with Gasteiger partial charge in [0.05, 0.1) is 24.9 Å². The minimum absolute atomic E-state index is 0.771. The Kier molecular flexibility index (Phi) is 3.17. The first-order valence-corrected chi connectivity index (χ1v) is 6.34. The lowest BCUT2D eigenvalue weighted by molar-refractivity contribution is 0.0382. The van der Waals surface area contributed by atoms with Crippen LogP contribution in [-0.4, -0.2) is 47.1 Å². The van der Waals surface area contributed by atoms with Crippen molar-refractivity contribution in [2.75, 3.05) is 38.6 Å². The van der Waals surface area contributed by atoms with E-state index in [1.165, 1.54) is 0 Å². The van der Waals surface area contributed by atoms with E-state index >= 15 is 0 Å². The fourth-order valence-corrected chi connectivity index (χ4v) is 2.33. The molecule has 0 saturated carbocycles. The normalized spacial score (nSPS) is 17.3. The molecule has 2 aromatic rings. The van der Waals surface area contributed by atoms with E-state index in [9.17, 15) is 0 Å². The summed E-state index contributed by atoms with van der Waals surface area (Å²) >= 11 is 0. The Hall–Kier alpha value is -1.59. The Bertz CT molecular complexity index is 531. The van der Waals surface area contributed by atoms with Crippen LogP contribution < -0.4 is 5.73 Å². The van der Waals surface area contributed by atoms with Crippen molar-refractivity contribution < 1.29 is 4.74 Å². The average Bonchev–Trinajstić information content (AvgIpc) is 2.80. The molecule has 0 atom stereocenters. The minimum Gasteiger partial charge on any atom is -0.398 e. The predicted octanol–water partition coefficient (Wildman–Crippen LogP) is 0.791. The zero-order valence-electron chi connectivity index (χ0n) is 10.4. The smallest absolute Gasteiger partial charge is 0.114 e. The molecule has 0 amide bonds. The highest BCUT2D eigenvalue weighted by Gasteiger charge is 2.11. The van der Waals surface area contributed by atoms with E-state index in [0.717, 1.165) is 56.3 Å². The summed E-state index contributed by atoms with van der Waals surface area (Å²) in [5, 5.41) is 0. The number of pyridine rings is 1. The van der Waals surface area contributed by atoms with Gasteiger partial charge in [-0.3, -0.25) is 4.90 Å². The molecule has 1 aliphatic rings. The second-order valence-electron chi connectivity index (χ2n) is 4.64. The van der Waals surface area contributed by atoms with Crippen molar-refractivity contribution in [1.29, 1.82) is 0 Å². The summed E-state index contributed by atoms with van der Waals surface area (Å²) in [6.07, 6.45) is 4.78. The lowest BCUT2D eigenvalue weighted by Gasteiger charge is -2.26. The molecule has 2 N–H and O–H groups in total. The van der Waals surface area contributed by atoms with Crippen molar-refractivity contribution in [1.82, 2.24) is 14.3 Å². The van der Waals surface area contributed by atoms with Gasteiger partial charge >= 0.3 is 0 Å². The maximum atomic E-state index is 5.82. The molecule has 0 aliphatic carbocycles. The SMILES string of the molecule is Nc1ccc2cnc(CCN3CCOCC3)n2c1. The maximum Gasteiger partial charge on any atom is 0.114 e. The van der Waals surface area contributed by atoms with Gasteiger partial charge in [0, 0.05) is 37.9 Å². The Morgan fingerprint density at radius 3 is 2.94 bits per heavy atom. The van der Waals surface area contributed by atoms with Gasteiger partial charge in [-0.2, -0.15) is 0 Å². The van der Waals surface area contributed by atoms with Crippen LogP contribution in [0.1, 0.15) is 5.82 Å². The number of hydrogen-bond acceptors (Lipinski definition) is 4. The topological polar surface area (TPSA) is 55.8 Å². The lowest BCUT2D eigenvalue weighted by atomic mass is 10.3. The van der Waals surface area contributed by atoms with E-state index in [0.29, 0.717) is 0 Å². The van der Waals surface area contributed by atoms with Gasteiger partial charge in [0.2, 0.25) is 0 Å². The van der Waals surface area contributed by atoms with Gasteiger partial charge in [0.15, 0.2) is 0 Å². The van der Waals surface area contributed by atoms with Crippen LogP contribution in [0.2, 0.25) is 0 Å². The molecule has 0 spiro atoms. The molecule has 0 unspecified atom stereocenters. The number of hydrogen-bond donors (Lipinski definition) is 1. The predicted molar refractivity (Wildman–Crippen MR) is 70.6 cm³/mol. The van der Waals surface area contributed by atoms with Gasteiger partial charge in [-0.05, 0) is 12.1 Å².